The quantitative estimate of drug-likeness (QED) is 0.639. The number of nitrogens with zero attached hydrogens (tertiary/aromatic N) is 3. The van der Waals surface area contributed by atoms with Gasteiger partial charge in [-0.25, -0.2) is 4.79 Å². The minimum absolute atomic E-state index is 0.00623. The summed E-state index contributed by atoms with van der Waals surface area (Å²) < 4.78 is 5.13. The molecule has 172 valence electrons. The standard InChI is InChI=1S/C25H33N3O4/c1-16-10-17(2)24(26-11-16)19(14-29)12-27-6-8-28(9-7-27)13-23(30)20-4-5-21-22(18(20)3)15-32-25(21)31/h4-5,10-11,19,23,29-30H,6-9,12-15H2,1-3H3. The van der Waals surface area contributed by atoms with Crippen LogP contribution in [0.5, 0.6) is 0 Å². The van der Waals surface area contributed by atoms with Crippen molar-refractivity contribution in [1.29, 1.82) is 0 Å². The summed E-state index contributed by atoms with van der Waals surface area (Å²) in [6.07, 6.45) is 1.26. The third-order valence-electron chi connectivity index (χ3n) is 6.80. The second-order valence-electron chi connectivity index (χ2n) is 9.09. The van der Waals surface area contributed by atoms with Gasteiger partial charge in [0, 0.05) is 62.6 Å². The molecule has 2 unspecified atom stereocenters. The molecule has 7 nitrogen and oxygen atoms in total. The van der Waals surface area contributed by atoms with E-state index in [4.69, 9.17) is 4.74 Å². The third-order valence-corrected chi connectivity index (χ3v) is 6.80. The molecule has 4 rings (SSSR count). The van der Waals surface area contributed by atoms with Gasteiger partial charge in [-0.2, -0.15) is 0 Å². The molecule has 0 aliphatic carbocycles. The zero-order valence-corrected chi connectivity index (χ0v) is 19.2. The van der Waals surface area contributed by atoms with Crippen LogP contribution >= 0.6 is 0 Å². The summed E-state index contributed by atoms with van der Waals surface area (Å²) in [6, 6.07) is 5.74. The summed E-state index contributed by atoms with van der Waals surface area (Å²) >= 11 is 0. The zero-order chi connectivity index (χ0) is 22.8. The van der Waals surface area contributed by atoms with Crippen LogP contribution in [-0.4, -0.2) is 76.8 Å². The Bertz CT molecular complexity index is 985. The number of fused-ring (bicyclic) bond motifs is 1. The fourth-order valence-corrected chi connectivity index (χ4v) is 4.92. The number of cyclic esters (lactones) is 1. The number of carbonyl (C=O) groups excluding carboxylic acids is 1. The van der Waals surface area contributed by atoms with E-state index < -0.39 is 6.10 Å². The summed E-state index contributed by atoms with van der Waals surface area (Å²) in [5, 5.41) is 20.8. The van der Waals surface area contributed by atoms with E-state index in [1.54, 1.807) is 6.07 Å². The average Bonchev–Trinajstić information content (AvgIpc) is 3.15. The van der Waals surface area contributed by atoms with Gasteiger partial charge >= 0.3 is 5.97 Å². The zero-order valence-electron chi connectivity index (χ0n) is 19.2. The minimum Gasteiger partial charge on any atom is -0.457 e. The molecule has 7 heteroatoms. The number of aromatic nitrogens is 1. The van der Waals surface area contributed by atoms with Crippen LogP contribution in [0.4, 0.5) is 0 Å². The first-order chi connectivity index (χ1) is 15.4. The van der Waals surface area contributed by atoms with Gasteiger partial charge < -0.3 is 19.8 Å². The van der Waals surface area contributed by atoms with E-state index in [0.29, 0.717) is 18.7 Å². The maximum Gasteiger partial charge on any atom is 0.338 e. The maximum absolute atomic E-state index is 11.8. The van der Waals surface area contributed by atoms with Crippen LogP contribution in [0.25, 0.3) is 0 Å². The Kier molecular flexibility index (Phi) is 6.90. The van der Waals surface area contributed by atoms with Crippen molar-refractivity contribution < 1.29 is 19.7 Å². The number of aliphatic hydroxyl groups excluding tert-OH is 2. The van der Waals surface area contributed by atoms with Crippen molar-refractivity contribution >= 4 is 5.97 Å². The van der Waals surface area contributed by atoms with Gasteiger partial charge in [-0.15, -0.1) is 0 Å². The van der Waals surface area contributed by atoms with Crippen molar-refractivity contribution in [3.8, 4) is 0 Å². The molecule has 2 aliphatic heterocycles. The molecule has 2 aliphatic rings. The highest BCUT2D eigenvalue weighted by Gasteiger charge is 2.27. The molecule has 1 aromatic carbocycles. The molecule has 32 heavy (non-hydrogen) atoms. The molecular formula is C25H33N3O4. The highest BCUT2D eigenvalue weighted by molar-refractivity contribution is 5.93. The van der Waals surface area contributed by atoms with Crippen LogP contribution in [-0.2, 0) is 11.3 Å². The Morgan fingerprint density at radius 1 is 1.09 bits per heavy atom. The third kappa shape index (κ3) is 4.71. The van der Waals surface area contributed by atoms with E-state index in [1.165, 1.54) is 0 Å². The lowest BCUT2D eigenvalue weighted by Crippen LogP contribution is -2.48. The Morgan fingerprint density at radius 2 is 1.78 bits per heavy atom. The van der Waals surface area contributed by atoms with Gasteiger partial charge in [-0.1, -0.05) is 12.1 Å². The molecule has 0 saturated carbocycles. The van der Waals surface area contributed by atoms with Crippen molar-refractivity contribution in [2.24, 2.45) is 0 Å². The van der Waals surface area contributed by atoms with Gasteiger partial charge in [-0.3, -0.25) is 9.88 Å². The van der Waals surface area contributed by atoms with Crippen LogP contribution < -0.4 is 0 Å². The smallest absolute Gasteiger partial charge is 0.338 e. The van der Waals surface area contributed by atoms with Crippen LogP contribution in [0.3, 0.4) is 0 Å². The number of ether oxygens (including phenoxy) is 1. The van der Waals surface area contributed by atoms with E-state index in [0.717, 1.165) is 66.2 Å². The summed E-state index contributed by atoms with van der Waals surface area (Å²) in [5.41, 5.74) is 6.56. The molecule has 2 aromatic rings. The molecule has 0 radical (unpaired) electrons. The molecular weight excluding hydrogens is 406 g/mol. The van der Waals surface area contributed by atoms with Crippen molar-refractivity contribution in [3.63, 3.8) is 0 Å². The number of carbonyl (C=O) groups is 1. The number of benzene rings is 1. The molecule has 1 saturated heterocycles. The van der Waals surface area contributed by atoms with E-state index in [1.807, 2.05) is 26.1 Å². The van der Waals surface area contributed by atoms with E-state index >= 15 is 0 Å². The number of β-amino-alcohol motifs (C(OH)–C–C–N with tert-alkyl or cyclic N) is 1. The Morgan fingerprint density at radius 3 is 2.44 bits per heavy atom. The number of piperazine rings is 1. The number of hydrogen-bond donors (Lipinski definition) is 2. The number of pyridine rings is 1. The SMILES string of the molecule is Cc1cnc(C(CO)CN2CCN(CC(O)c3ccc4c(c3C)COC4=O)CC2)c(C)c1. The van der Waals surface area contributed by atoms with Gasteiger partial charge in [0.25, 0.3) is 0 Å². The predicted octanol–water partition coefficient (Wildman–Crippen LogP) is 2.10. The highest BCUT2D eigenvalue weighted by atomic mass is 16.5. The lowest BCUT2D eigenvalue weighted by Gasteiger charge is -2.37. The number of hydrogen-bond acceptors (Lipinski definition) is 7. The molecule has 2 N–H and O–H groups in total. The Labute approximate surface area is 189 Å². The molecule has 1 fully saturated rings. The summed E-state index contributed by atoms with van der Waals surface area (Å²) in [7, 11) is 0. The Hall–Kier alpha value is -2.32. The van der Waals surface area contributed by atoms with Crippen molar-refractivity contribution in [2.75, 3.05) is 45.9 Å². The van der Waals surface area contributed by atoms with E-state index in [9.17, 15) is 15.0 Å². The molecule has 1 aromatic heterocycles. The second-order valence-corrected chi connectivity index (χ2v) is 9.09. The maximum atomic E-state index is 11.8. The van der Waals surface area contributed by atoms with Crippen molar-refractivity contribution in [2.45, 2.75) is 39.4 Å². The van der Waals surface area contributed by atoms with E-state index in [-0.39, 0.29) is 18.5 Å². The van der Waals surface area contributed by atoms with Gasteiger partial charge in [0.1, 0.15) is 6.61 Å². The minimum atomic E-state index is -0.604. The van der Waals surface area contributed by atoms with Gasteiger partial charge in [-0.05, 0) is 49.1 Å². The van der Waals surface area contributed by atoms with Crippen LogP contribution in [0, 0.1) is 20.8 Å². The van der Waals surface area contributed by atoms with Gasteiger partial charge in [0.2, 0.25) is 0 Å². The van der Waals surface area contributed by atoms with E-state index in [2.05, 4.69) is 27.8 Å². The largest absolute Gasteiger partial charge is 0.457 e. The lowest BCUT2D eigenvalue weighted by atomic mass is 9.95. The van der Waals surface area contributed by atoms with Crippen LogP contribution in [0.2, 0.25) is 0 Å². The number of aryl methyl sites for hydroxylation is 2. The number of rotatable bonds is 7. The molecule has 0 amide bonds. The normalized spacial score (nSPS) is 19.0. The number of esters is 1. The van der Waals surface area contributed by atoms with Gasteiger partial charge in [0.05, 0.1) is 18.3 Å². The first-order valence-electron chi connectivity index (χ1n) is 11.3. The average molecular weight is 440 g/mol. The lowest BCUT2D eigenvalue weighted by molar-refractivity contribution is 0.0535. The fourth-order valence-electron chi connectivity index (χ4n) is 4.92. The van der Waals surface area contributed by atoms with Crippen molar-refractivity contribution in [1.82, 2.24) is 14.8 Å². The molecule has 3 heterocycles. The summed E-state index contributed by atoms with van der Waals surface area (Å²) in [4.78, 5) is 21.0. The molecule has 2 atom stereocenters. The highest BCUT2D eigenvalue weighted by Crippen LogP contribution is 2.29. The molecule has 0 bridgehead atoms. The second kappa shape index (κ2) is 9.67. The first kappa shape index (κ1) is 22.9. The summed E-state index contributed by atoms with van der Waals surface area (Å²) in [5.74, 6) is -0.274. The monoisotopic (exact) mass is 439 g/mol. The summed E-state index contributed by atoms with van der Waals surface area (Å²) in [6.45, 7) is 11.3. The fraction of sp³-hybridized carbons (Fsp3) is 0.520. The van der Waals surface area contributed by atoms with Crippen LogP contribution in [0.1, 0.15) is 55.9 Å². The first-order valence-corrected chi connectivity index (χ1v) is 11.3. The van der Waals surface area contributed by atoms with Crippen LogP contribution in [0.15, 0.2) is 24.4 Å². The van der Waals surface area contributed by atoms with Crippen molar-refractivity contribution in [3.05, 3.63) is 63.5 Å². The predicted molar refractivity (Wildman–Crippen MR) is 122 cm³/mol. The topological polar surface area (TPSA) is 86.1 Å². The molecule has 0 spiro atoms. The number of aliphatic hydroxyl groups is 2. The Balaban J connectivity index is 1.32. The van der Waals surface area contributed by atoms with Gasteiger partial charge in [0.15, 0.2) is 0 Å².